The Morgan fingerprint density at radius 2 is 1.95 bits per heavy atom. The number of nitrogens with zero attached hydrogens (tertiary/aromatic N) is 5. The predicted octanol–water partition coefficient (Wildman–Crippen LogP) is 5.31. The fourth-order valence-corrected chi connectivity index (χ4v) is 5.51. The zero-order chi connectivity index (χ0) is 27.0. The van der Waals surface area contributed by atoms with Gasteiger partial charge in [-0.15, -0.1) is 5.10 Å². The third-order valence-corrected chi connectivity index (χ3v) is 7.37. The molecule has 0 bridgehead atoms. The van der Waals surface area contributed by atoms with Crippen molar-refractivity contribution < 1.29 is 4.74 Å². The molecule has 0 spiro atoms. The summed E-state index contributed by atoms with van der Waals surface area (Å²) in [6.45, 7) is 12.2. The molecule has 2 atom stereocenters. The second-order valence-corrected chi connectivity index (χ2v) is 11.7. The van der Waals surface area contributed by atoms with E-state index in [1.54, 1.807) is 0 Å². The van der Waals surface area contributed by atoms with Crippen molar-refractivity contribution in [2.75, 3.05) is 13.2 Å². The minimum atomic E-state index is -0.502. The number of aromatic amines is 1. The topological polar surface area (TPSA) is 88.9 Å². The second kappa shape index (κ2) is 10.6. The number of tetrazole rings is 1. The number of benzene rings is 2. The number of fused-ring (bicyclic) bond motifs is 1. The van der Waals surface area contributed by atoms with Crippen molar-refractivity contribution in [3.05, 3.63) is 85.9 Å². The van der Waals surface area contributed by atoms with Crippen molar-refractivity contribution in [3.63, 3.8) is 0 Å². The fraction of sp³-hybridized carbons (Fsp3) is 0.448. The van der Waals surface area contributed by atoms with Crippen molar-refractivity contribution in [2.45, 2.75) is 71.7 Å². The molecule has 5 rings (SSSR count). The molecular formula is C29H35ClN6O2. The van der Waals surface area contributed by atoms with Crippen LogP contribution in [-0.2, 0) is 16.8 Å². The van der Waals surface area contributed by atoms with Gasteiger partial charge in [0.2, 0.25) is 0 Å². The lowest BCUT2D eigenvalue weighted by atomic mass is 9.98. The van der Waals surface area contributed by atoms with E-state index in [4.69, 9.17) is 16.3 Å². The Labute approximate surface area is 228 Å². The van der Waals surface area contributed by atoms with Crippen molar-refractivity contribution in [1.82, 2.24) is 30.1 Å². The number of H-pyrrole nitrogens is 1. The highest BCUT2D eigenvalue weighted by Crippen LogP contribution is 2.32. The lowest BCUT2D eigenvalue weighted by Crippen LogP contribution is -2.40. The Bertz CT molecular complexity index is 1480. The summed E-state index contributed by atoms with van der Waals surface area (Å²) in [5.41, 5.74) is 4.18. The van der Waals surface area contributed by atoms with Crippen molar-refractivity contribution in [3.8, 4) is 0 Å². The van der Waals surface area contributed by atoms with Gasteiger partial charge in [0.05, 0.1) is 17.2 Å². The summed E-state index contributed by atoms with van der Waals surface area (Å²) < 4.78 is 7.89. The maximum atomic E-state index is 13.8. The smallest absolute Gasteiger partial charge is 0.253 e. The van der Waals surface area contributed by atoms with Crippen LogP contribution in [-0.4, -0.2) is 49.3 Å². The highest BCUT2D eigenvalue weighted by atomic mass is 35.5. The van der Waals surface area contributed by atoms with Gasteiger partial charge in [0.1, 0.15) is 6.04 Å². The van der Waals surface area contributed by atoms with Crippen LogP contribution in [0.25, 0.3) is 10.9 Å². The molecule has 38 heavy (non-hydrogen) atoms. The molecule has 1 aliphatic heterocycles. The first kappa shape index (κ1) is 26.5. The number of ether oxygens (including phenoxy) is 1. The predicted molar refractivity (Wildman–Crippen MR) is 150 cm³/mol. The zero-order valence-corrected chi connectivity index (χ0v) is 23.4. The third-order valence-electron chi connectivity index (χ3n) is 7.12. The Balaban J connectivity index is 1.71. The number of hydrogen-bond donors (Lipinski definition) is 1. The van der Waals surface area contributed by atoms with Crippen LogP contribution in [0.1, 0.15) is 67.7 Å². The highest BCUT2D eigenvalue weighted by Gasteiger charge is 2.35. The van der Waals surface area contributed by atoms with Gasteiger partial charge in [0, 0.05) is 30.3 Å². The van der Waals surface area contributed by atoms with Crippen LogP contribution < -0.4 is 5.56 Å². The van der Waals surface area contributed by atoms with Crippen LogP contribution >= 0.6 is 11.6 Å². The molecule has 9 heteroatoms. The summed E-state index contributed by atoms with van der Waals surface area (Å²) in [6.07, 6.45) is 2.06. The standard InChI is InChI=1S/C29H35ClN6O2/c1-18-13-19(2)25-21(14-18)15-24(28(37)31-25)26(27-32-33-34-36(27)29(3,4)5)35(17-23-7-6-12-38-23)16-20-8-10-22(30)11-9-20/h8-11,13-15,23,26H,6-7,12,16-17H2,1-5H3,(H,31,37)/t23-,26-/m0/s1. The molecular weight excluding hydrogens is 500 g/mol. The summed E-state index contributed by atoms with van der Waals surface area (Å²) >= 11 is 6.19. The van der Waals surface area contributed by atoms with E-state index in [2.05, 4.69) is 65.2 Å². The Morgan fingerprint density at radius 3 is 2.63 bits per heavy atom. The molecule has 8 nitrogen and oxygen atoms in total. The number of nitrogens with one attached hydrogen (secondary N) is 1. The number of pyridine rings is 1. The van der Waals surface area contributed by atoms with Gasteiger partial charge in [-0.2, -0.15) is 0 Å². The summed E-state index contributed by atoms with van der Waals surface area (Å²) in [6, 6.07) is 13.5. The van der Waals surface area contributed by atoms with Gasteiger partial charge < -0.3 is 9.72 Å². The quantitative estimate of drug-likeness (QED) is 0.345. The third kappa shape index (κ3) is 5.53. The number of aromatic nitrogens is 5. The monoisotopic (exact) mass is 534 g/mol. The maximum Gasteiger partial charge on any atom is 0.253 e. The molecule has 2 aromatic carbocycles. The Hall–Kier alpha value is -3.07. The van der Waals surface area contributed by atoms with Gasteiger partial charge in [-0.25, -0.2) is 4.68 Å². The molecule has 0 amide bonds. The normalized spacial score (nSPS) is 17.0. The van der Waals surface area contributed by atoms with Gasteiger partial charge >= 0.3 is 0 Å². The van der Waals surface area contributed by atoms with Crippen LogP contribution in [0.5, 0.6) is 0 Å². The van der Waals surface area contributed by atoms with E-state index in [1.807, 2.05) is 41.9 Å². The number of aryl methyl sites for hydroxylation is 2. The van der Waals surface area contributed by atoms with Crippen molar-refractivity contribution in [1.29, 1.82) is 0 Å². The average molecular weight is 535 g/mol. The molecule has 1 fully saturated rings. The highest BCUT2D eigenvalue weighted by molar-refractivity contribution is 6.30. The summed E-state index contributed by atoms with van der Waals surface area (Å²) in [4.78, 5) is 19.2. The largest absolute Gasteiger partial charge is 0.377 e. The second-order valence-electron chi connectivity index (χ2n) is 11.3. The number of halogens is 1. The van der Waals surface area contributed by atoms with E-state index in [-0.39, 0.29) is 17.2 Å². The molecule has 1 N–H and O–H groups in total. The summed E-state index contributed by atoms with van der Waals surface area (Å²) in [5.74, 6) is 0.624. The molecule has 200 valence electrons. The first-order chi connectivity index (χ1) is 18.1. The van der Waals surface area contributed by atoms with Gasteiger partial charge in [0.25, 0.3) is 5.56 Å². The molecule has 0 saturated carbocycles. The lowest BCUT2D eigenvalue weighted by Gasteiger charge is -2.34. The number of hydrogen-bond acceptors (Lipinski definition) is 6. The molecule has 1 aliphatic rings. The molecule has 1 saturated heterocycles. The van der Waals surface area contributed by atoms with Gasteiger partial charge in [-0.1, -0.05) is 35.4 Å². The van der Waals surface area contributed by atoms with Crippen LogP contribution in [0.4, 0.5) is 0 Å². The van der Waals surface area contributed by atoms with Crippen LogP contribution in [0.3, 0.4) is 0 Å². The zero-order valence-electron chi connectivity index (χ0n) is 22.7. The van der Waals surface area contributed by atoms with E-state index >= 15 is 0 Å². The van der Waals surface area contributed by atoms with Crippen LogP contribution in [0, 0.1) is 13.8 Å². The minimum absolute atomic E-state index is 0.0628. The number of rotatable bonds is 7. The van der Waals surface area contributed by atoms with E-state index in [0.29, 0.717) is 29.5 Å². The van der Waals surface area contributed by atoms with Gasteiger partial charge in [0.15, 0.2) is 5.82 Å². The summed E-state index contributed by atoms with van der Waals surface area (Å²) in [7, 11) is 0. The van der Waals surface area contributed by atoms with Crippen molar-refractivity contribution >= 4 is 22.5 Å². The van der Waals surface area contributed by atoms with Crippen LogP contribution in [0.15, 0.2) is 47.3 Å². The molecule has 0 unspecified atom stereocenters. The lowest BCUT2D eigenvalue weighted by molar-refractivity contribution is 0.0564. The van der Waals surface area contributed by atoms with Crippen LogP contribution in [0.2, 0.25) is 5.02 Å². The fourth-order valence-electron chi connectivity index (χ4n) is 5.38. The Morgan fingerprint density at radius 1 is 1.18 bits per heavy atom. The maximum absolute atomic E-state index is 13.8. The molecule has 3 heterocycles. The van der Waals surface area contributed by atoms with E-state index in [9.17, 15) is 4.79 Å². The van der Waals surface area contributed by atoms with E-state index < -0.39 is 6.04 Å². The first-order valence-corrected chi connectivity index (χ1v) is 13.5. The molecule has 4 aromatic rings. The minimum Gasteiger partial charge on any atom is -0.377 e. The Kier molecular flexibility index (Phi) is 7.40. The van der Waals surface area contributed by atoms with E-state index in [1.165, 1.54) is 0 Å². The van der Waals surface area contributed by atoms with Gasteiger partial charge in [-0.3, -0.25) is 9.69 Å². The SMILES string of the molecule is Cc1cc(C)c2[nH]c(=O)c([C@@H](c3nnnn3C(C)(C)C)N(Cc3ccc(Cl)cc3)C[C@@H]3CCCO3)cc2c1. The van der Waals surface area contributed by atoms with Gasteiger partial charge in [-0.05, 0) is 98.7 Å². The first-order valence-electron chi connectivity index (χ1n) is 13.1. The van der Waals surface area contributed by atoms with E-state index in [0.717, 1.165) is 47.0 Å². The summed E-state index contributed by atoms with van der Waals surface area (Å²) in [5, 5.41) is 14.6. The molecule has 0 aliphatic carbocycles. The molecule has 0 radical (unpaired) electrons. The molecule has 2 aromatic heterocycles. The average Bonchev–Trinajstić information content (AvgIpc) is 3.54. The van der Waals surface area contributed by atoms with Crippen molar-refractivity contribution in [2.24, 2.45) is 0 Å².